The van der Waals surface area contributed by atoms with Crippen LogP contribution in [0.3, 0.4) is 0 Å². The summed E-state index contributed by atoms with van der Waals surface area (Å²) >= 11 is 0. The van der Waals surface area contributed by atoms with E-state index in [1.807, 2.05) is 20.8 Å². The number of methoxy groups -OCH3 is 1. The van der Waals surface area contributed by atoms with E-state index in [-0.39, 0.29) is 23.8 Å². The maximum absolute atomic E-state index is 11.4. The van der Waals surface area contributed by atoms with Crippen LogP contribution in [0.5, 0.6) is 0 Å². The molecule has 0 aromatic heterocycles. The van der Waals surface area contributed by atoms with Crippen molar-refractivity contribution in [3.8, 4) is 0 Å². The van der Waals surface area contributed by atoms with Gasteiger partial charge in [0.2, 0.25) is 11.8 Å². The van der Waals surface area contributed by atoms with Gasteiger partial charge in [0.15, 0.2) is 0 Å². The summed E-state index contributed by atoms with van der Waals surface area (Å²) in [4.78, 5) is 22.6. The van der Waals surface area contributed by atoms with Crippen LogP contribution < -0.4 is 10.6 Å². The molecule has 0 aromatic carbocycles. The summed E-state index contributed by atoms with van der Waals surface area (Å²) in [5.74, 6) is -0.297. The fourth-order valence-electron chi connectivity index (χ4n) is 1.08. The van der Waals surface area contributed by atoms with Gasteiger partial charge in [0, 0.05) is 20.1 Å². The van der Waals surface area contributed by atoms with Gasteiger partial charge in [-0.25, -0.2) is 0 Å². The molecule has 0 spiro atoms. The molecule has 2 amide bonds. The Labute approximate surface area is 96.9 Å². The van der Waals surface area contributed by atoms with E-state index in [1.165, 1.54) is 0 Å². The number of rotatable bonds is 6. The summed E-state index contributed by atoms with van der Waals surface area (Å²) < 4.78 is 4.78. The molecule has 0 unspecified atom stereocenters. The molecule has 0 heterocycles. The van der Waals surface area contributed by atoms with E-state index >= 15 is 0 Å². The molecule has 0 aliphatic rings. The van der Waals surface area contributed by atoms with E-state index in [1.54, 1.807) is 7.11 Å². The van der Waals surface area contributed by atoms with Crippen LogP contribution in [0.15, 0.2) is 0 Å². The molecule has 5 nitrogen and oxygen atoms in total. The molecule has 0 aliphatic carbocycles. The highest BCUT2D eigenvalue weighted by Gasteiger charge is 2.16. The molecule has 2 N–H and O–H groups in total. The van der Waals surface area contributed by atoms with Crippen molar-refractivity contribution in [2.75, 3.05) is 26.8 Å². The van der Waals surface area contributed by atoms with Crippen LogP contribution in [0.2, 0.25) is 0 Å². The first-order valence-corrected chi connectivity index (χ1v) is 5.37. The molecular weight excluding hydrogens is 208 g/mol. The minimum absolute atomic E-state index is 0.0264. The molecule has 0 atom stereocenters. The molecule has 0 saturated carbocycles. The lowest BCUT2D eigenvalue weighted by atomic mass is 9.92. The smallest absolute Gasteiger partial charge is 0.239 e. The average molecular weight is 230 g/mol. The lowest BCUT2D eigenvalue weighted by Crippen LogP contribution is -2.39. The van der Waals surface area contributed by atoms with Gasteiger partial charge in [-0.2, -0.15) is 0 Å². The van der Waals surface area contributed by atoms with Crippen molar-refractivity contribution in [3.05, 3.63) is 0 Å². The molecule has 0 saturated heterocycles. The van der Waals surface area contributed by atoms with Gasteiger partial charge in [-0.05, 0) is 5.41 Å². The quantitative estimate of drug-likeness (QED) is 0.645. The van der Waals surface area contributed by atoms with E-state index in [2.05, 4.69) is 10.6 Å². The zero-order valence-electron chi connectivity index (χ0n) is 10.6. The Morgan fingerprint density at radius 3 is 2.25 bits per heavy atom. The Hall–Kier alpha value is -1.10. The first-order valence-electron chi connectivity index (χ1n) is 5.37. The molecule has 0 bridgehead atoms. The minimum Gasteiger partial charge on any atom is -0.383 e. The van der Waals surface area contributed by atoms with E-state index < -0.39 is 0 Å². The summed E-state index contributed by atoms with van der Waals surface area (Å²) in [6, 6.07) is 0. The Balaban J connectivity index is 3.63. The SMILES string of the molecule is COCCNC(=O)CNC(=O)CC(C)(C)C. The van der Waals surface area contributed by atoms with Gasteiger partial charge >= 0.3 is 0 Å². The Bertz CT molecular complexity index is 234. The van der Waals surface area contributed by atoms with Crippen LogP contribution in [0.4, 0.5) is 0 Å². The zero-order chi connectivity index (χ0) is 12.6. The molecule has 0 rings (SSSR count). The van der Waals surface area contributed by atoms with Crippen LogP contribution in [0.25, 0.3) is 0 Å². The fourth-order valence-corrected chi connectivity index (χ4v) is 1.08. The lowest BCUT2D eigenvalue weighted by Gasteiger charge is -2.17. The summed E-state index contributed by atoms with van der Waals surface area (Å²) in [5, 5.41) is 5.20. The van der Waals surface area contributed by atoms with E-state index in [0.29, 0.717) is 19.6 Å². The topological polar surface area (TPSA) is 67.4 Å². The molecule has 0 fully saturated rings. The summed E-state index contributed by atoms with van der Waals surface area (Å²) in [6.45, 7) is 6.90. The van der Waals surface area contributed by atoms with Crippen molar-refractivity contribution in [1.82, 2.24) is 10.6 Å². The van der Waals surface area contributed by atoms with Gasteiger partial charge < -0.3 is 15.4 Å². The summed E-state index contributed by atoms with van der Waals surface area (Å²) in [5.41, 5.74) is -0.0589. The second-order valence-electron chi connectivity index (χ2n) is 4.86. The average Bonchev–Trinajstić information content (AvgIpc) is 2.12. The maximum Gasteiger partial charge on any atom is 0.239 e. The normalized spacial score (nSPS) is 11.0. The number of ether oxygens (including phenoxy) is 1. The molecule has 0 aromatic rings. The van der Waals surface area contributed by atoms with Crippen LogP contribution in [0, 0.1) is 5.41 Å². The van der Waals surface area contributed by atoms with Crippen molar-refractivity contribution < 1.29 is 14.3 Å². The second-order valence-corrected chi connectivity index (χ2v) is 4.86. The van der Waals surface area contributed by atoms with Gasteiger partial charge in [0.1, 0.15) is 0 Å². The largest absolute Gasteiger partial charge is 0.383 e. The fraction of sp³-hybridized carbons (Fsp3) is 0.818. The third kappa shape index (κ3) is 9.45. The predicted molar refractivity (Wildman–Crippen MR) is 62.0 cm³/mol. The highest BCUT2D eigenvalue weighted by molar-refractivity contribution is 5.84. The number of hydrogen-bond acceptors (Lipinski definition) is 3. The molecule has 16 heavy (non-hydrogen) atoms. The molecule has 0 radical (unpaired) electrons. The molecule has 94 valence electrons. The third-order valence-electron chi connectivity index (χ3n) is 1.77. The Morgan fingerprint density at radius 2 is 1.75 bits per heavy atom. The first-order chi connectivity index (χ1) is 7.35. The highest BCUT2D eigenvalue weighted by Crippen LogP contribution is 2.17. The Morgan fingerprint density at radius 1 is 1.12 bits per heavy atom. The predicted octanol–water partition coefficient (Wildman–Crippen LogP) is 0.301. The van der Waals surface area contributed by atoms with Crippen LogP contribution in [-0.4, -0.2) is 38.6 Å². The van der Waals surface area contributed by atoms with Gasteiger partial charge in [-0.3, -0.25) is 9.59 Å². The number of carbonyl (C=O) groups excluding carboxylic acids is 2. The van der Waals surface area contributed by atoms with E-state index in [0.717, 1.165) is 0 Å². The number of carbonyl (C=O) groups is 2. The monoisotopic (exact) mass is 230 g/mol. The van der Waals surface area contributed by atoms with Gasteiger partial charge in [0.25, 0.3) is 0 Å². The number of amides is 2. The van der Waals surface area contributed by atoms with E-state index in [9.17, 15) is 9.59 Å². The van der Waals surface area contributed by atoms with Crippen LogP contribution in [0.1, 0.15) is 27.2 Å². The van der Waals surface area contributed by atoms with E-state index in [4.69, 9.17) is 4.74 Å². The minimum atomic E-state index is -0.195. The zero-order valence-corrected chi connectivity index (χ0v) is 10.6. The van der Waals surface area contributed by atoms with Gasteiger partial charge in [-0.1, -0.05) is 20.8 Å². The maximum atomic E-state index is 11.4. The summed E-state index contributed by atoms with van der Waals surface area (Å²) in [7, 11) is 1.57. The van der Waals surface area contributed by atoms with Crippen molar-refractivity contribution >= 4 is 11.8 Å². The van der Waals surface area contributed by atoms with Crippen molar-refractivity contribution in [3.63, 3.8) is 0 Å². The summed E-state index contributed by atoms with van der Waals surface area (Å²) in [6.07, 6.45) is 0.415. The van der Waals surface area contributed by atoms with Crippen LogP contribution in [-0.2, 0) is 14.3 Å². The first kappa shape index (κ1) is 14.9. The molecular formula is C11H22N2O3. The lowest BCUT2D eigenvalue weighted by molar-refractivity contribution is -0.127. The third-order valence-corrected chi connectivity index (χ3v) is 1.77. The highest BCUT2D eigenvalue weighted by atomic mass is 16.5. The van der Waals surface area contributed by atoms with Crippen molar-refractivity contribution in [1.29, 1.82) is 0 Å². The van der Waals surface area contributed by atoms with Crippen molar-refractivity contribution in [2.24, 2.45) is 5.41 Å². The molecule has 0 aliphatic heterocycles. The van der Waals surface area contributed by atoms with Crippen LogP contribution >= 0.6 is 0 Å². The van der Waals surface area contributed by atoms with Gasteiger partial charge in [0.05, 0.1) is 13.2 Å². The molecule has 5 heteroatoms. The van der Waals surface area contributed by atoms with Crippen molar-refractivity contribution in [2.45, 2.75) is 27.2 Å². The Kier molecular flexibility index (Phi) is 6.72. The standard InChI is InChI=1S/C11H22N2O3/c1-11(2,3)7-9(14)13-8-10(15)12-5-6-16-4/h5-8H2,1-4H3,(H,12,15)(H,13,14). The van der Waals surface area contributed by atoms with Gasteiger partial charge in [-0.15, -0.1) is 0 Å². The number of hydrogen-bond donors (Lipinski definition) is 2. The second kappa shape index (κ2) is 7.22. The number of nitrogens with one attached hydrogen (secondary N) is 2.